The van der Waals surface area contributed by atoms with Crippen molar-refractivity contribution in [2.45, 2.75) is 71.6 Å². The first-order valence-corrected chi connectivity index (χ1v) is 24.5. The summed E-state index contributed by atoms with van der Waals surface area (Å²) >= 11 is 7.07. The van der Waals surface area contributed by atoms with Gasteiger partial charge in [-0.2, -0.15) is 5.26 Å². The van der Waals surface area contributed by atoms with E-state index in [4.69, 9.17) is 30.8 Å². The van der Waals surface area contributed by atoms with Gasteiger partial charge in [-0.3, -0.25) is 0 Å². The van der Waals surface area contributed by atoms with Gasteiger partial charge in [0.05, 0.1) is 35.4 Å². The van der Waals surface area contributed by atoms with Crippen molar-refractivity contribution in [3.8, 4) is 34.4 Å². The topological polar surface area (TPSA) is 131 Å². The molecule has 8 aromatic rings. The lowest BCUT2D eigenvalue weighted by atomic mass is 9.76. The van der Waals surface area contributed by atoms with Crippen LogP contribution in [-0.4, -0.2) is 61.9 Å². The second-order valence-electron chi connectivity index (χ2n) is 18.0. The number of aliphatic hydroxyl groups is 1. The SMILES string of the molecule is Cc1c(COc2cc(OCc3ncn(C(c4ccccc4)(c4ccccc4)c4ccccc4)c3C)c(CNCc3ccnc(C#N)n3)cc2Cl)cccc1-c1cccc(OCCCN2CC[C@H](O)C2)c1C. The van der Waals surface area contributed by atoms with Crippen molar-refractivity contribution < 1.29 is 19.3 Å². The Morgan fingerprint density at radius 1 is 0.718 bits per heavy atom. The molecule has 1 atom stereocenters. The minimum Gasteiger partial charge on any atom is -0.493 e. The molecule has 3 heterocycles. The smallest absolute Gasteiger partial charge is 0.232 e. The maximum Gasteiger partial charge on any atom is 0.232 e. The third kappa shape index (κ3) is 10.9. The summed E-state index contributed by atoms with van der Waals surface area (Å²) in [5, 5.41) is 23.2. The van der Waals surface area contributed by atoms with Crippen LogP contribution in [0.4, 0.5) is 0 Å². The molecule has 0 spiro atoms. The lowest BCUT2D eigenvalue weighted by molar-refractivity contribution is 0.173. The number of benzene rings is 6. The predicted octanol–water partition coefficient (Wildman–Crippen LogP) is 10.9. The third-order valence-electron chi connectivity index (χ3n) is 13.5. The van der Waals surface area contributed by atoms with E-state index in [0.717, 1.165) is 99.7 Å². The number of rotatable bonds is 20. The van der Waals surface area contributed by atoms with Gasteiger partial charge in [0.2, 0.25) is 5.82 Å². The van der Waals surface area contributed by atoms with Crippen LogP contribution in [0.15, 0.2) is 158 Å². The summed E-state index contributed by atoms with van der Waals surface area (Å²) in [6, 6.07) is 51.7. The number of β-amino-alcohol motifs (C(OH)–C–C–N with tert-alkyl or cyclic N) is 1. The standard InChI is InChI=1S/C59H58ClN7O4/c1-41-44(16-13-23-51(41)52-24-14-25-55(42(52)2)69-31-15-29-66-30-27-50(68)37-66)38-70-57-33-56(45(32-53(57)60)35-62-36-49-26-28-63-58(34-61)65-49)71-39-54-43(3)67(40-64-54)59(46-17-7-4-8-18-46,47-19-9-5-10-20-47)48-21-11-6-12-22-48/h4-14,16-26,28,32-33,40,50,62,68H,15,27,29-31,35-39H2,1-3H3/t50-/m0/s1. The molecule has 12 heteroatoms. The molecule has 360 valence electrons. The van der Waals surface area contributed by atoms with E-state index < -0.39 is 5.54 Å². The molecule has 0 amide bonds. The quantitative estimate of drug-likeness (QED) is 0.0562. The van der Waals surface area contributed by atoms with Gasteiger partial charge in [-0.25, -0.2) is 15.0 Å². The van der Waals surface area contributed by atoms with Gasteiger partial charge in [0.1, 0.15) is 42.1 Å². The highest BCUT2D eigenvalue weighted by atomic mass is 35.5. The maximum absolute atomic E-state index is 9.90. The predicted molar refractivity (Wildman–Crippen MR) is 278 cm³/mol. The van der Waals surface area contributed by atoms with E-state index in [0.29, 0.717) is 41.9 Å². The molecule has 1 aliphatic rings. The second-order valence-corrected chi connectivity index (χ2v) is 18.4. The molecule has 0 aliphatic carbocycles. The zero-order chi connectivity index (χ0) is 49.2. The van der Waals surface area contributed by atoms with Gasteiger partial charge >= 0.3 is 0 Å². The molecule has 9 rings (SSSR count). The Morgan fingerprint density at radius 3 is 2.04 bits per heavy atom. The number of nitrogens with one attached hydrogen (secondary N) is 1. The van der Waals surface area contributed by atoms with Crippen molar-refractivity contribution >= 4 is 11.6 Å². The highest BCUT2D eigenvalue weighted by Crippen LogP contribution is 2.42. The summed E-state index contributed by atoms with van der Waals surface area (Å²) < 4.78 is 21.9. The van der Waals surface area contributed by atoms with Gasteiger partial charge in [-0.15, -0.1) is 0 Å². The number of hydrogen-bond acceptors (Lipinski definition) is 10. The first kappa shape index (κ1) is 48.7. The normalized spacial score (nSPS) is 13.8. The van der Waals surface area contributed by atoms with Crippen molar-refractivity contribution in [1.29, 1.82) is 5.26 Å². The van der Waals surface area contributed by atoms with Crippen LogP contribution in [0.2, 0.25) is 5.02 Å². The summed E-state index contributed by atoms with van der Waals surface area (Å²) in [4.78, 5) is 15.7. The monoisotopic (exact) mass is 963 g/mol. The molecule has 2 aromatic heterocycles. The zero-order valence-corrected chi connectivity index (χ0v) is 41.1. The third-order valence-corrected chi connectivity index (χ3v) is 13.8. The van der Waals surface area contributed by atoms with Gasteiger partial charge in [0, 0.05) is 56.2 Å². The lowest BCUT2D eigenvalue weighted by Gasteiger charge is -2.38. The Labute approximate surface area is 421 Å². The number of likely N-dealkylation sites (tertiary alicyclic amines) is 1. The number of halogens is 1. The molecule has 1 saturated heterocycles. The first-order valence-electron chi connectivity index (χ1n) is 24.1. The molecule has 6 aromatic carbocycles. The van der Waals surface area contributed by atoms with Crippen LogP contribution in [0.25, 0.3) is 11.1 Å². The summed E-state index contributed by atoms with van der Waals surface area (Å²) in [5.41, 5.74) is 11.2. The molecule has 71 heavy (non-hydrogen) atoms. The average Bonchev–Trinajstić information content (AvgIpc) is 4.00. The number of nitriles is 1. The fourth-order valence-corrected chi connectivity index (χ4v) is 9.94. The number of ether oxygens (including phenoxy) is 3. The average molecular weight is 965 g/mol. The Hall–Kier alpha value is -7.33. The number of nitrogens with zero attached hydrogens (tertiary/aromatic N) is 6. The Morgan fingerprint density at radius 2 is 1.38 bits per heavy atom. The van der Waals surface area contributed by atoms with Gasteiger partial charge in [-0.05, 0) is 96.3 Å². The van der Waals surface area contributed by atoms with Crippen molar-refractivity contribution in [3.05, 3.63) is 225 Å². The van der Waals surface area contributed by atoms with E-state index in [1.54, 1.807) is 12.3 Å². The summed E-state index contributed by atoms with van der Waals surface area (Å²) in [6.07, 6.45) is 5.02. The number of imidazole rings is 1. The lowest BCUT2D eigenvalue weighted by Crippen LogP contribution is -2.38. The van der Waals surface area contributed by atoms with Crippen LogP contribution < -0.4 is 19.5 Å². The van der Waals surface area contributed by atoms with Crippen molar-refractivity contribution in [2.75, 3.05) is 26.2 Å². The van der Waals surface area contributed by atoms with Crippen molar-refractivity contribution in [2.24, 2.45) is 0 Å². The molecule has 2 N–H and O–H groups in total. The van der Waals surface area contributed by atoms with Crippen molar-refractivity contribution in [3.63, 3.8) is 0 Å². The first-order chi connectivity index (χ1) is 34.7. The van der Waals surface area contributed by atoms with Gasteiger partial charge in [0.25, 0.3) is 0 Å². The molecule has 1 aliphatic heterocycles. The fraction of sp³-hybridized carbons (Fsp3) is 0.254. The van der Waals surface area contributed by atoms with E-state index in [1.165, 1.54) is 0 Å². The fourth-order valence-electron chi connectivity index (χ4n) is 9.70. The highest BCUT2D eigenvalue weighted by molar-refractivity contribution is 6.32. The largest absolute Gasteiger partial charge is 0.493 e. The molecule has 11 nitrogen and oxygen atoms in total. The number of hydrogen-bond donors (Lipinski definition) is 2. The molecular weight excluding hydrogens is 906 g/mol. The summed E-state index contributed by atoms with van der Waals surface area (Å²) in [7, 11) is 0. The summed E-state index contributed by atoms with van der Waals surface area (Å²) in [5.74, 6) is 2.05. The van der Waals surface area contributed by atoms with Crippen LogP contribution in [0.1, 0.15) is 74.7 Å². The van der Waals surface area contributed by atoms with E-state index >= 15 is 0 Å². The maximum atomic E-state index is 9.90. The molecule has 0 saturated carbocycles. The van der Waals surface area contributed by atoms with Gasteiger partial charge in [-0.1, -0.05) is 133 Å². The highest BCUT2D eigenvalue weighted by Gasteiger charge is 2.39. The number of aliphatic hydroxyl groups excluding tert-OH is 1. The van der Waals surface area contributed by atoms with E-state index in [1.807, 2.05) is 54.9 Å². The van der Waals surface area contributed by atoms with E-state index in [-0.39, 0.29) is 25.1 Å². The van der Waals surface area contributed by atoms with Gasteiger partial charge < -0.3 is 34.1 Å². The van der Waals surface area contributed by atoms with Crippen LogP contribution in [0, 0.1) is 32.1 Å². The minimum absolute atomic E-state index is 0.115. The van der Waals surface area contributed by atoms with Crippen LogP contribution in [-0.2, 0) is 31.8 Å². The second kappa shape index (κ2) is 22.6. The Kier molecular flexibility index (Phi) is 15.5. The number of aromatic nitrogens is 4. The van der Waals surface area contributed by atoms with Crippen molar-refractivity contribution in [1.82, 2.24) is 29.7 Å². The Balaban J connectivity index is 0.978. The van der Waals surface area contributed by atoms with Crippen LogP contribution >= 0.6 is 11.6 Å². The minimum atomic E-state index is -0.730. The molecule has 0 radical (unpaired) electrons. The Bertz CT molecular complexity index is 3010. The summed E-state index contributed by atoms with van der Waals surface area (Å²) in [6.45, 7) is 10.7. The zero-order valence-electron chi connectivity index (χ0n) is 40.4. The molecular formula is C59H58ClN7O4. The molecule has 1 fully saturated rings. The van der Waals surface area contributed by atoms with Gasteiger partial charge in [0.15, 0.2) is 0 Å². The van der Waals surface area contributed by atoms with E-state index in [2.05, 4.69) is 143 Å². The van der Waals surface area contributed by atoms with Crippen LogP contribution in [0.3, 0.4) is 0 Å². The van der Waals surface area contributed by atoms with E-state index in [9.17, 15) is 10.4 Å². The molecule has 0 unspecified atom stereocenters. The molecule has 0 bridgehead atoms. The van der Waals surface area contributed by atoms with Crippen LogP contribution in [0.5, 0.6) is 17.2 Å².